The van der Waals surface area contributed by atoms with E-state index in [1.807, 2.05) is 11.4 Å². The van der Waals surface area contributed by atoms with Crippen LogP contribution >= 0.6 is 11.3 Å². The van der Waals surface area contributed by atoms with Crippen molar-refractivity contribution in [3.05, 3.63) is 47.3 Å². The molecule has 2 aromatic rings. The highest BCUT2D eigenvalue weighted by Crippen LogP contribution is 2.16. The molecule has 0 spiro atoms. The van der Waals surface area contributed by atoms with Crippen molar-refractivity contribution in [2.24, 2.45) is 0 Å². The van der Waals surface area contributed by atoms with E-state index in [-0.39, 0.29) is 16.4 Å². The molecule has 1 aromatic carbocycles. The lowest BCUT2D eigenvalue weighted by Gasteiger charge is -2.04. The van der Waals surface area contributed by atoms with Crippen molar-refractivity contribution in [2.75, 3.05) is 11.5 Å². The van der Waals surface area contributed by atoms with Crippen LogP contribution in [0.3, 0.4) is 0 Å². The fraction of sp³-hybridized carbons (Fsp3) is 0.154. The van der Waals surface area contributed by atoms with Gasteiger partial charge < -0.3 is 0 Å². The average Bonchev–Trinajstić information content (AvgIpc) is 2.99. The van der Waals surface area contributed by atoms with Gasteiger partial charge in [-0.1, -0.05) is 6.07 Å². The van der Waals surface area contributed by atoms with E-state index in [4.69, 9.17) is 5.26 Å². The van der Waals surface area contributed by atoms with Crippen LogP contribution in [-0.4, -0.2) is 24.1 Å². The Morgan fingerprint density at radius 1 is 1.20 bits per heavy atom. The fourth-order valence-electron chi connectivity index (χ4n) is 1.53. The van der Waals surface area contributed by atoms with E-state index >= 15 is 0 Å². The van der Waals surface area contributed by atoms with Crippen LogP contribution in [0.15, 0.2) is 50.9 Å². The van der Waals surface area contributed by atoms with Crippen molar-refractivity contribution in [1.29, 1.82) is 5.26 Å². The van der Waals surface area contributed by atoms with E-state index in [0.29, 0.717) is 9.77 Å². The van der Waals surface area contributed by atoms with Gasteiger partial charge in [-0.05, 0) is 35.7 Å². The van der Waals surface area contributed by atoms with Crippen molar-refractivity contribution in [3.8, 4) is 6.07 Å². The number of nitrogens with zero attached hydrogens (tertiary/aromatic N) is 1. The number of sulfone groups is 1. The molecule has 104 valence electrons. The van der Waals surface area contributed by atoms with Crippen LogP contribution in [0.1, 0.15) is 5.56 Å². The minimum atomic E-state index is -3.47. The van der Waals surface area contributed by atoms with Crippen molar-refractivity contribution >= 4 is 32.0 Å². The van der Waals surface area contributed by atoms with Gasteiger partial charge in [0.25, 0.3) is 0 Å². The van der Waals surface area contributed by atoms with Gasteiger partial charge in [0.05, 0.1) is 37.3 Å². The Kier molecular flexibility index (Phi) is 4.70. The van der Waals surface area contributed by atoms with Gasteiger partial charge in [-0.15, -0.1) is 11.3 Å². The Hall–Kier alpha value is -1.49. The lowest BCUT2D eigenvalue weighted by Crippen LogP contribution is -2.13. The Labute approximate surface area is 124 Å². The first-order chi connectivity index (χ1) is 9.53. The quantitative estimate of drug-likeness (QED) is 0.844. The van der Waals surface area contributed by atoms with E-state index < -0.39 is 20.6 Å². The van der Waals surface area contributed by atoms with E-state index in [0.717, 1.165) is 0 Å². The van der Waals surface area contributed by atoms with Crippen LogP contribution in [0.4, 0.5) is 0 Å². The molecule has 0 aliphatic heterocycles. The predicted octanol–water partition coefficient (Wildman–Crippen LogP) is 2.20. The first kappa shape index (κ1) is 14.9. The zero-order valence-corrected chi connectivity index (χ0v) is 12.8. The van der Waals surface area contributed by atoms with E-state index in [2.05, 4.69) is 0 Å². The molecular formula is C13H11NO3S3. The molecule has 0 aliphatic carbocycles. The molecule has 0 fully saturated rings. The first-order valence-electron chi connectivity index (χ1n) is 5.68. The topological polar surface area (TPSA) is 75.0 Å². The number of nitriles is 1. The summed E-state index contributed by atoms with van der Waals surface area (Å²) in [7, 11) is -4.76. The SMILES string of the molecule is N#Cc1ccc(S(=O)(=O)CCS(=O)c2cccs2)cc1. The number of thiophene rings is 1. The molecule has 20 heavy (non-hydrogen) atoms. The maximum atomic E-state index is 12.1. The second kappa shape index (κ2) is 6.31. The third-order valence-corrected chi connectivity index (χ3v) is 7.26. The van der Waals surface area contributed by atoms with Crippen molar-refractivity contribution in [3.63, 3.8) is 0 Å². The van der Waals surface area contributed by atoms with Crippen molar-refractivity contribution < 1.29 is 12.6 Å². The molecule has 0 bridgehead atoms. The fourth-order valence-corrected chi connectivity index (χ4v) is 5.53. The summed E-state index contributed by atoms with van der Waals surface area (Å²) in [5.41, 5.74) is 0.408. The Morgan fingerprint density at radius 3 is 2.45 bits per heavy atom. The van der Waals surface area contributed by atoms with E-state index in [1.54, 1.807) is 12.1 Å². The van der Waals surface area contributed by atoms with E-state index in [9.17, 15) is 12.6 Å². The summed E-state index contributed by atoms with van der Waals surface area (Å²) in [5, 5.41) is 10.5. The van der Waals surface area contributed by atoms with Gasteiger partial charge in [0.1, 0.15) is 0 Å². The number of rotatable bonds is 5. The minimum Gasteiger partial charge on any atom is -0.253 e. The average molecular weight is 325 g/mol. The van der Waals surface area contributed by atoms with Gasteiger partial charge >= 0.3 is 0 Å². The molecule has 1 heterocycles. The lowest BCUT2D eigenvalue weighted by atomic mass is 10.2. The van der Waals surface area contributed by atoms with Gasteiger partial charge in [-0.3, -0.25) is 4.21 Å². The molecule has 0 N–H and O–H groups in total. The molecule has 1 unspecified atom stereocenters. The van der Waals surface area contributed by atoms with Crippen LogP contribution in [-0.2, 0) is 20.6 Å². The maximum absolute atomic E-state index is 12.1. The highest BCUT2D eigenvalue weighted by molar-refractivity contribution is 7.93. The number of benzene rings is 1. The van der Waals surface area contributed by atoms with Crippen LogP contribution in [0.2, 0.25) is 0 Å². The van der Waals surface area contributed by atoms with Gasteiger partial charge in [0.2, 0.25) is 0 Å². The number of hydrogen-bond donors (Lipinski definition) is 0. The predicted molar refractivity (Wildman–Crippen MR) is 78.8 cm³/mol. The highest BCUT2D eigenvalue weighted by Gasteiger charge is 2.17. The lowest BCUT2D eigenvalue weighted by molar-refractivity contribution is 0.597. The third kappa shape index (κ3) is 3.54. The standard InChI is InChI=1S/C13H11NO3S3/c14-10-11-3-5-12(6-4-11)20(16,17)9-8-19(15)13-2-1-7-18-13/h1-7H,8-9H2. The monoisotopic (exact) mass is 325 g/mol. The number of hydrogen-bond acceptors (Lipinski definition) is 5. The Bertz CT molecular complexity index is 741. The summed E-state index contributed by atoms with van der Waals surface area (Å²) in [6.07, 6.45) is 0. The molecule has 7 heteroatoms. The van der Waals surface area contributed by atoms with Crippen molar-refractivity contribution in [1.82, 2.24) is 0 Å². The maximum Gasteiger partial charge on any atom is 0.179 e. The Morgan fingerprint density at radius 2 is 1.90 bits per heavy atom. The molecule has 4 nitrogen and oxygen atoms in total. The molecular weight excluding hydrogens is 314 g/mol. The minimum absolute atomic E-state index is 0.0723. The smallest absolute Gasteiger partial charge is 0.179 e. The summed E-state index contributed by atoms with van der Waals surface area (Å²) in [6, 6.07) is 11.2. The van der Waals surface area contributed by atoms with Gasteiger partial charge in [-0.25, -0.2) is 8.42 Å². The molecule has 0 amide bonds. The van der Waals surface area contributed by atoms with Crippen LogP contribution in [0, 0.1) is 11.3 Å². The second-order valence-corrected chi connectivity index (χ2v) is 8.79. The largest absolute Gasteiger partial charge is 0.253 e. The molecule has 0 aliphatic rings. The molecule has 1 aromatic heterocycles. The zero-order chi connectivity index (χ0) is 14.6. The molecule has 1 atom stereocenters. The van der Waals surface area contributed by atoms with Crippen LogP contribution in [0.25, 0.3) is 0 Å². The third-order valence-electron chi connectivity index (χ3n) is 2.60. The van der Waals surface area contributed by atoms with Crippen LogP contribution < -0.4 is 0 Å². The first-order valence-corrected chi connectivity index (χ1v) is 9.53. The summed E-state index contributed by atoms with van der Waals surface area (Å²) < 4.78 is 36.8. The normalized spacial score (nSPS) is 12.8. The summed E-state index contributed by atoms with van der Waals surface area (Å²) in [5.74, 6) is -0.105. The second-order valence-electron chi connectivity index (χ2n) is 3.94. The molecule has 2 rings (SSSR count). The zero-order valence-electron chi connectivity index (χ0n) is 10.4. The van der Waals surface area contributed by atoms with Gasteiger partial charge in [0, 0.05) is 5.75 Å². The highest BCUT2D eigenvalue weighted by atomic mass is 32.2. The van der Waals surface area contributed by atoms with Gasteiger partial charge in [-0.2, -0.15) is 5.26 Å². The molecule has 0 saturated heterocycles. The summed E-state index contributed by atoms with van der Waals surface area (Å²) in [6.45, 7) is 0. The van der Waals surface area contributed by atoms with Gasteiger partial charge in [0.15, 0.2) is 9.84 Å². The van der Waals surface area contributed by atoms with Crippen molar-refractivity contribution in [2.45, 2.75) is 9.10 Å². The van der Waals surface area contributed by atoms with Crippen LogP contribution in [0.5, 0.6) is 0 Å². The molecule has 0 saturated carbocycles. The summed E-state index contributed by atoms with van der Waals surface area (Å²) >= 11 is 1.35. The Balaban J connectivity index is 2.07. The molecule has 0 radical (unpaired) electrons. The van der Waals surface area contributed by atoms with E-state index in [1.165, 1.54) is 35.6 Å². The summed E-state index contributed by atoms with van der Waals surface area (Å²) in [4.78, 5) is 0.152.